The number of piperidine rings is 1. The Morgan fingerprint density at radius 1 is 1.41 bits per heavy atom. The quantitative estimate of drug-likeness (QED) is 0.669. The van der Waals surface area contributed by atoms with Gasteiger partial charge in [-0.15, -0.1) is 0 Å². The highest BCUT2D eigenvalue weighted by atomic mass is 19.1. The number of nitrogens with one attached hydrogen (secondary N) is 1. The molecular formula is C15H20FN3O3. The molecule has 22 heavy (non-hydrogen) atoms. The lowest BCUT2D eigenvalue weighted by molar-refractivity contribution is -0.385. The lowest BCUT2D eigenvalue weighted by Crippen LogP contribution is -2.46. The van der Waals surface area contributed by atoms with E-state index in [4.69, 9.17) is 0 Å². The number of nitro groups is 1. The zero-order valence-electron chi connectivity index (χ0n) is 12.5. The molecule has 1 aliphatic rings. The average molecular weight is 309 g/mol. The highest BCUT2D eigenvalue weighted by Crippen LogP contribution is 2.21. The van der Waals surface area contributed by atoms with Gasteiger partial charge in [0.2, 0.25) is 0 Å². The Morgan fingerprint density at radius 3 is 2.68 bits per heavy atom. The van der Waals surface area contributed by atoms with Crippen LogP contribution in [0, 0.1) is 15.9 Å². The second-order valence-electron chi connectivity index (χ2n) is 5.43. The number of amides is 1. The first kappa shape index (κ1) is 16.4. The molecule has 1 heterocycles. The number of nitrogens with zero attached hydrogens (tertiary/aromatic N) is 2. The number of benzene rings is 1. The predicted molar refractivity (Wildman–Crippen MR) is 80.3 cm³/mol. The Hall–Kier alpha value is -2.02. The van der Waals surface area contributed by atoms with E-state index in [2.05, 4.69) is 5.32 Å². The molecule has 1 saturated heterocycles. The normalized spacial score (nSPS) is 15.5. The maximum Gasteiger partial charge on any atom is 0.273 e. The van der Waals surface area contributed by atoms with Gasteiger partial charge in [-0.2, -0.15) is 0 Å². The largest absolute Gasteiger partial charge is 0.336 e. The summed E-state index contributed by atoms with van der Waals surface area (Å²) >= 11 is 0. The van der Waals surface area contributed by atoms with E-state index in [0.717, 1.165) is 50.6 Å². The van der Waals surface area contributed by atoms with E-state index >= 15 is 0 Å². The molecule has 2 rings (SSSR count). The zero-order chi connectivity index (χ0) is 16.1. The van der Waals surface area contributed by atoms with Crippen LogP contribution in [0.2, 0.25) is 0 Å². The first-order valence-electron chi connectivity index (χ1n) is 7.49. The van der Waals surface area contributed by atoms with Crippen LogP contribution in [0.5, 0.6) is 0 Å². The summed E-state index contributed by atoms with van der Waals surface area (Å²) < 4.78 is 13.6. The van der Waals surface area contributed by atoms with E-state index in [9.17, 15) is 19.3 Å². The molecule has 1 aliphatic heterocycles. The van der Waals surface area contributed by atoms with Gasteiger partial charge < -0.3 is 10.2 Å². The lowest BCUT2D eigenvalue weighted by Gasteiger charge is -2.34. The summed E-state index contributed by atoms with van der Waals surface area (Å²) in [5.41, 5.74) is -0.358. The van der Waals surface area contributed by atoms with Crippen LogP contribution < -0.4 is 5.32 Å². The summed E-state index contributed by atoms with van der Waals surface area (Å²) in [7, 11) is 0. The van der Waals surface area contributed by atoms with Crippen molar-refractivity contribution >= 4 is 11.6 Å². The standard InChI is InChI=1S/C15H20FN3O3/c1-2-7-18(13-3-5-17-6-4-13)15(20)11-8-12(16)10-14(9-11)19(21)22/h8-10,13,17H,2-7H2,1H3. The van der Waals surface area contributed by atoms with Crippen molar-refractivity contribution in [2.75, 3.05) is 19.6 Å². The number of hydrogen-bond acceptors (Lipinski definition) is 4. The molecule has 1 fully saturated rings. The van der Waals surface area contributed by atoms with Crippen LogP contribution in [0.3, 0.4) is 0 Å². The summed E-state index contributed by atoms with van der Waals surface area (Å²) in [5.74, 6) is -1.10. The van der Waals surface area contributed by atoms with Crippen molar-refractivity contribution in [3.63, 3.8) is 0 Å². The fourth-order valence-corrected chi connectivity index (χ4v) is 2.78. The molecule has 0 aliphatic carbocycles. The fraction of sp³-hybridized carbons (Fsp3) is 0.533. The van der Waals surface area contributed by atoms with Gasteiger partial charge in [0, 0.05) is 24.2 Å². The van der Waals surface area contributed by atoms with Gasteiger partial charge in [-0.25, -0.2) is 4.39 Å². The minimum Gasteiger partial charge on any atom is -0.336 e. The Labute approximate surface area is 128 Å². The summed E-state index contributed by atoms with van der Waals surface area (Å²) in [6.45, 7) is 4.20. The van der Waals surface area contributed by atoms with Crippen molar-refractivity contribution < 1.29 is 14.1 Å². The number of nitro benzene ring substituents is 1. The van der Waals surface area contributed by atoms with Crippen LogP contribution in [-0.4, -0.2) is 41.4 Å². The molecule has 0 atom stereocenters. The van der Waals surface area contributed by atoms with Crippen molar-refractivity contribution in [2.45, 2.75) is 32.2 Å². The molecule has 0 radical (unpaired) electrons. The van der Waals surface area contributed by atoms with Crippen molar-refractivity contribution in [2.24, 2.45) is 0 Å². The van der Waals surface area contributed by atoms with Gasteiger partial charge in [-0.1, -0.05) is 6.92 Å². The van der Waals surface area contributed by atoms with Crippen molar-refractivity contribution in [3.8, 4) is 0 Å². The molecule has 1 N–H and O–H groups in total. The van der Waals surface area contributed by atoms with Gasteiger partial charge in [-0.05, 0) is 38.4 Å². The van der Waals surface area contributed by atoms with Crippen molar-refractivity contribution in [1.82, 2.24) is 10.2 Å². The van der Waals surface area contributed by atoms with E-state index in [0.29, 0.717) is 6.54 Å². The van der Waals surface area contributed by atoms with Gasteiger partial charge >= 0.3 is 0 Å². The lowest BCUT2D eigenvalue weighted by atomic mass is 10.0. The Morgan fingerprint density at radius 2 is 2.09 bits per heavy atom. The van der Waals surface area contributed by atoms with E-state index in [1.165, 1.54) is 0 Å². The number of halogens is 1. The van der Waals surface area contributed by atoms with Crippen LogP contribution in [0.15, 0.2) is 18.2 Å². The first-order valence-corrected chi connectivity index (χ1v) is 7.49. The molecule has 7 heteroatoms. The molecule has 1 amide bonds. The van der Waals surface area contributed by atoms with Crippen molar-refractivity contribution in [1.29, 1.82) is 0 Å². The molecule has 1 aromatic rings. The molecule has 0 aromatic heterocycles. The zero-order valence-corrected chi connectivity index (χ0v) is 12.5. The number of carbonyl (C=O) groups excluding carboxylic acids is 1. The first-order chi connectivity index (χ1) is 10.5. The maximum atomic E-state index is 13.6. The number of rotatable bonds is 5. The molecule has 0 saturated carbocycles. The average Bonchev–Trinajstić information content (AvgIpc) is 2.52. The topological polar surface area (TPSA) is 75.5 Å². The van der Waals surface area contributed by atoms with Gasteiger partial charge in [0.1, 0.15) is 5.82 Å². The maximum absolute atomic E-state index is 13.6. The summed E-state index contributed by atoms with van der Waals surface area (Å²) in [6.07, 6.45) is 2.46. The van der Waals surface area contributed by atoms with Crippen molar-refractivity contribution in [3.05, 3.63) is 39.7 Å². The molecule has 0 bridgehead atoms. The van der Waals surface area contributed by atoms with Crippen LogP contribution in [0.25, 0.3) is 0 Å². The van der Waals surface area contributed by atoms with Gasteiger partial charge in [-0.3, -0.25) is 14.9 Å². The Bertz CT molecular complexity index is 559. The van der Waals surface area contributed by atoms with Crippen LogP contribution in [0.4, 0.5) is 10.1 Å². The highest BCUT2D eigenvalue weighted by molar-refractivity contribution is 5.95. The van der Waals surface area contributed by atoms with Crippen LogP contribution in [-0.2, 0) is 0 Å². The Balaban J connectivity index is 2.27. The van der Waals surface area contributed by atoms with Gasteiger partial charge in [0.25, 0.3) is 11.6 Å². The summed E-state index contributed by atoms with van der Waals surface area (Å²) in [6, 6.07) is 3.13. The Kier molecular flexibility index (Phi) is 5.43. The fourth-order valence-electron chi connectivity index (χ4n) is 2.78. The third-order valence-electron chi connectivity index (χ3n) is 3.82. The number of hydrogen-bond donors (Lipinski definition) is 1. The monoisotopic (exact) mass is 309 g/mol. The summed E-state index contributed by atoms with van der Waals surface area (Å²) in [5, 5.41) is 14.1. The van der Waals surface area contributed by atoms with Crippen LogP contribution >= 0.6 is 0 Å². The molecule has 6 nitrogen and oxygen atoms in total. The van der Waals surface area contributed by atoms with E-state index < -0.39 is 16.4 Å². The second-order valence-corrected chi connectivity index (χ2v) is 5.43. The minimum atomic E-state index is -0.765. The second kappa shape index (κ2) is 7.31. The van der Waals surface area contributed by atoms with Gasteiger partial charge in [0.15, 0.2) is 0 Å². The molecule has 0 unspecified atom stereocenters. The molecule has 120 valence electrons. The van der Waals surface area contributed by atoms with Gasteiger partial charge in [0.05, 0.1) is 11.0 Å². The highest BCUT2D eigenvalue weighted by Gasteiger charge is 2.27. The SMILES string of the molecule is CCCN(C(=O)c1cc(F)cc([N+](=O)[O-])c1)C1CCNCC1. The molecule has 1 aromatic carbocycles. The smallest absolute Gasteiger partial charge is 0.273 e. The molecular weight excluding hydrogens is 289 g/mol. The minimum absolute atomic E-state index is 0.0404. The third-order valence-corrected chi connectivity index (χ3v) is 3.82. The number of non-ortho nitro benzene ring substituents is 1. The molecule has 0 spiro atoms. The van der Waals surface area contributed by atoms with E-state index in [1.807, 2.05) is 6.92 Å². The third kappa shape index (κ3) is 3.79. The van der Waals surface area contributed by atoms with E-state index in [1.54, 1.807) is 4.90 Å². The summed E-state index contributed by atoms with van der Waals surface area (Å²) in [4.78, 5) is 24.5. The van der Waals surface area contributed by atoms with Crippen LogP contribution in [0.1, 0.15) is 36.5 Å². The van der Waals surface area contributed by atoms with E-state index in [-0.39, 0.29) is 17.5 Å². The number of carbonyl (C=O) groups is 1. The predicted octanol–water partition coefficient (Wildman–Crippen LogP) is 2.34.